The first kappa shape index (κ1) is 35.1. The van der Waals surface area contributed by atoms with Crippen LogP contribution >= 0.6 is 0 Å². The molecule has 1 atom stereocenters. The second-order valence-electron chi connectivity index (χ2n) is 11.6. The monoisotopic (exact) mass is 589 g/mol. The van der Waals surface area contributed by atoms with Gasteiger partial charge in [0.15, 0.2) is 5.79 Å². The number of nitrogens with one attached hydrogen (secondary N) is 2. The molecule has 0 aliphatic carbocycles. The van der Waals surface area contributed by atoms with Gasteiger partial charge in [-0.2, -0.15) is 0 Å². The second kappa shape index (κ2) is 17.2. The lowest BCUT2D eigenvalue weighted by molar-refractivity contribution is -0.195. The van der Waals surface area contributed by atoms with Crippen LogP contribution in [0.1, 0.15) is 52.7 Å². The maximum absolute atomic E-state index is 16.6. The molecule has 1 unspecified atom stereocenters. The Morgan fingerprint density at radius 3 is 1.69 bits per heavy atom. The van der Waals surface area contributed by atoms with E-state index in [0.29, 0.717) is 39.5 Å². The van der Waals surface area contributed by atoms with Crippen molar-refractivity contribution in [1.29, 1.82) is 0 Å². The number of carbonyl (C=O) groups is 2. The number of rotatable bonds is 18. The summed E-state index contributed by atoms with van der Waals surface area (Å²) < 4.78 is 38.4. The molecule has 0 radical (unpaired) electrons. The van der Waals surface area contributed by atoms with Crippen LogP contribution in [0.25, 0.3) is 0 Å². The van der Waals surface area contributed by atoms with E-state index >= 15 is 4.39 Å². The highest BCUT2D eigenvalue weighted by Gasteiger charge is 2.47. The Morgan fingerprint density at radius 2 is 1.21 bits per heavy atom. The molecule has 0 aliphatic rings. The Morgan fingerprint density at radius 1 is 0.738 bits per heavy atom. The van der Waals surface area contributed by atoms with Crippen molar-refractivity contribution in [2.45, 2.75) is 71.6 Å². The number of alkyl carbamates (subject to hydrolysis) is 1. The molecular weight excluding hydrogens is 541 g/mol. The molecule has 0 bridgehead atoms. The fourth-order valence-electron chi connectivity index (χ4n) is 3.89. The van der Waals surface area contributed by atoms with E-state index in [9.17, 15) is 9.59 Å². The molecule has 42 heavy (non-hydrogen) atoms. The summed E-state index contributed by atoms with van der Waals surface area (Å²) in [7, 11) is 0. The number of nitrogens with zero attached hydrogens (tertiary/aromatic N) is 1. The number of alkyl halides is 1. The smallest absolute Gasteiger partial charge is 0.407 e. The Kier molecular flexibility index (Phi) is 14.4. The second-order valence-corrected chi connectivity index (χ2v) is 11.6. The molecule has 234 valence electrons. The topological polar surface area (TPSA) is 98.4 Å². The van der Waals surface area contributed by atoms with E-state index in [-0.39, 0.29) is 25.7 Å². The van der Waals surface area contributed by atoms with Crippen LogP contribution in [0.3, 0.4) is 0 Å². The summed E-state index contributed by atoms with van der Waals surface area (Å²) in [5.74, 6) is -2.26. The van der Waals surface area contributed by atoms with E-state index in [1.54, 1.807) is 39.5 Å². The highest BCUT2D eigenvalue weighted by molar-refractivity contribution is 5.77. The standard InChI is InChI=1S/C32H48FN3O6/c1-30(2,3)42-29(38)35-18-20-40-22-21-39-19-17-34-28(37)25-41-31(4,5)32(6,33)36(23-26-13-9-7-10-14-26)24-27-15-11-8-12-16-27/h7-16H,17-25H2,1-6H3,(H,34,37)(H,35,38). The fraction of sp³-hybridized carbons (Fsp3) is 0.562. The minimum absolute atomic E-state index is 0.282. The summed E-state index contributed by atoms with van der Waals surface area (Å²) in [6.45, 7) is 12.6. The van der Waals surface area contributed by atoms with Crippen molar-refractivity contribution in [2.24, 2.45) is 0 Å². The van der Waals surface area contributed by atoms with Crippen LogP contribution in [0.4, 0.5) is 9.18 Å². The molecule has 0 aliphatic heterocycles. The van der Waals surface area contributed by atoms with Gasteiger partial charge in [-0.3, -0.25) is 9.69 Å². The first-order valence-corrected chi connectivity index (χ1v) is 14.3. The van der Waals surface area contributed by atoms with Gasteiger partial charge in [0.25, 0.3) is 0 Å². The normalized spacial score (nSPS) is 13.4. The van der Waals surface area contributed by atoms with Crippen LogP contribution in [-0.2, 0) is 36.8 Å². The SMILES string of the molecule is CC(C)(C)OC(=O)NCCOCCOCCNC(=O)COC(C)(C)C(C)(F)N(Cc1ccccc1)Cc1ccccc1. The third-order valence-corrected chi connectivity index (χ3v) is 6.54. The van der Waals surface area contributed by atoms with Crippen molar-refractivity contribution in [1.82, 2.24) is 15.5 Å². The number of hydrogen-bond donors (Lipinski definition) is 2. The summed E-state index contributed by atoms with van der Waals surface area (Å²) in [6, 6.07) is 19.4. The summed E-state index contributed by atoms with van der Waals surface area (Å²) in [5, 5.41) is 5.34. The maximum Gasteiger partial charge on any atom is 0.407 e. The number of hydrogen-bond acceptors (Lipinski definition) is 7. The predicted octanol–water partition coefficient (Wildman–Crippen LogP) is 4.84. The third kappa shape index (κ3) is 13.3. The van der Waals surface area contributed by atoms with Crippen molar-refractivity contribution < 1.29 is 32.9 Å². The lowest BCUT2D eigenvalue weighted by Gasteiger charge is -2.45. The van der Waals surface area contributed by atoms with Gasteiger partial charge in [0, 0.05) is 26.2 Å². The van der Waals surface area contributed by atoms with Crippen LogP contribution in [0.15, 0.2) is 60.7 Å². The zero-order valence-electron chi connectivity index (χ0n) is 25.9. The van der Waals surface area contributed by atoms with Crippen molar-refractivity contribution >= 4 is 12.0 Å². The highest BCUT2D eigenvalue weighted by atomic mass is 19.1. The molecule has 10 heteroatoms. The number of ether oxygens (including phenoxy) is 4. The zero-order chi connectivity index (χ0) is 31.1. The van der Waals surface area contributed by atoms with Gasteiger partial charge in [0.1, 0.15) is 17.8 Å². The first-order valence-electron chi connectivity index (χ1n) is 14.3. The average Bonchev–Trinajstić information content (AvgIpc) is 2.92. The molecule has 2 aromatic carbocycles. The summed E-state index contributed by atoms with van der Waals surface area (Å²) in [4.78, 5) is 25.7. The van der Waals surface area contributed by atoms with E-state index in [0.717, 1.165) is 11.1 Å². The molecule has 0 fully saturated rings. The van der Waals surface area contributed by atoms with Crippen molar-refractivity contribution in [2.75, 3.05) is 46.1 Å². The van der Waals surface area contributed by atoms with E-state index < -0.39 is 23.1 Å². The zero-order valence-corrected chi connectivity index (χ0v) is 25.9. The van der Waals surface area contributed by atoms with Crippen LogP contribution in [-0.4, -0.2) is 80.0 Å². The molecule has 0 heterocycles. The molecule has 0 saturated carbocycles. The number of benzene rings is 2. The number of amides is 2. The molecule has 0 saturated heterocycles. The quantitative estimate of drug-likeness (QED) is 0.190. The van der Waals surface area contributed by atoms with Gasteiger partial charge in [-0.1, -0.05) is 60.7 Å². The molecule has 2 amide bonds. The van der Waals surface area contributed by atoms with Crippen LogP contribution in [0.5, 0.6) is 0 Å². The molecule has 2 rings (SSSR count). The lowest BCUT2D eigenvalue weighted by Crippen LogP contribution is -2.58. The largest absolute Gasteiger partial charge is 0.444 e. The Labute approximate surface area is 250 Å². The van der Waals surface area contributed by atoms with E-state index in [1.807, 2.05) is 60.7 Å². The van der Waals surface area contributed by atoms with Crippen molar-refractivity contribution in [3.8, 4) is 0 Å². The van der Waals surface area contributed by atoms with E-state index in [1.165, 1.54) is 6.92 Å². The van der Waals surface area contributed by atoms with E-state index in [4.69, 9.17) is 18.9 Å². The summed E-state index contributed by atoms with van der Waals surface area (Å²) in [5.41, 5.74) is 0.124. The van der Waals surface area contributed by atoms with Gasteiger partial charge in [0.2, 0.25) is 5.91 Å². The molecule has 2 N–H and O–H groups in total. The maximum atomic E-state index is 16.6. The van der Waals surface area contributed by atoms with Crippen molar-refractivity contribution in [3.05, 3.63) is 71.8 Å². The minimum atomic E-state index is -1.90. The minimum Gasteiger partial charge on any atom is -0.444 e. The molecule has 9 nitrogen and oxygen atoms in total. The van der Waals surface area contributed by atoms with Gasteiger partial charge in [-0.15, -0.1) is 0 Å². The fourth-order valence-corrected chi connectivity index (χ4v) is 3.89. The Bertz CT molecular complexity index is 1020. The van der Waals surface area contributed by atoms with Crippen LogP contribution in [0.2, 0.25) is 0 Å². The first-order chi connectivity index (χ1) is 19.8. The van der Waals surface area contributed by atoms with Crippen LogP contribution < -0.4 is 10.6 Å². The molecule has 0 spiro atoms. The number of halogens is 1. The van der Waals surface area contributed by atoms with E-state index in [2.05, 4.69) is 10.6 Å². The lowest BCUT2D eigenvalue weighted by atomic mass is 9.94. The highest BCUT2D eigenvalue weighted by Crippen LogP contribution is 2.35. The predicted molar refractivity (Wildman–Crippen MR) is 161 cm³/mol. The molecular formula is C32H48FN3O6. The van der Waals surface area contributed by atoms with Gasteiger partial charge < -0.3 is 29.6 Å². The van der Waals surface area contributed by atoms with Gasteiger partial charge in [-0.05, 0) is 52.7 Å². The van der Waals surface area contributed by atoms with Crippen molar-refractivity contribution in [3.63, 3.8) is 0 Å². The molecule has 0 aromatic heterocycles. The Hall–Kier alpha value is -3.05. The Balaban J connectivity index is 1.71. The third-order valence-electron chi connectivity index (χ3n) is 6.54. The van der Waals surface area contributed by atoms with Gasteiger partial charge in [0.05, 0.1) is 26.4 Å². The molecule has 2 aromatic rings. The summed E-state index contributed by atoms with van der Waals surface area (Å²) >= 11 is 0. The average molecular weight is 590 g/mol. The number of carbonyl (C=O) groups excluding carboxylic acids is 2. The summed E-state index contributed by atoms with van der Waals surface area (Å²) in [6.07, 6.45) is -0.488. The van der Waals surface area contributed by atoms with Gasteiger partial charge in [-0.25, -0.2) is 9.18 Å². The van der Waals surface area contributed by atoms with Crippen LogP contribution in [0, 0.1) is 0 Å². The van der Waals surface area contributed by atoms with Gasteiger partial charge >= 0.3 is 6.09 Å².